The highest BCUT2D eigenvalue weighted by molar-refractivity contribution is 7.99. The molecular weight excluding hydrogens is 378 g/mol. The Hall–Kier alpha value is -1.66. The van der Waals surface area contributed by atoms with Crippen LogP contribution in [-0.4, -0.2) is 41.2 Å². The highest BCUT2D eigenvalue weighted by Gasteiger charge is 2.17. The van der Waals surface area contributed by atoms with Crippen LogP contribution in [0.25, 0.3) is 10.9 Å². The van der Waals surface area contributed by atoms with Crippen LogP contribution >= 0.6 is 23.4 Å². The van der Waals surface area contributed by atoms with Crippen molar-refractivity contribution < 1.29 is 4.74 Å². The number of fused-ring (bicyclic) bond motifs is 1. The summed E-state index contributed by atoms with van der Waals surface area (Å²) in [6, 6.07) is 16.2. The SMILES string of the molecule is C[C@H](Sc1nc(CN2CCOCC2)nc2ccccc12)c1ccccc1Cl. The van der Waals surface area contributed by atoms with Gasteiger partial charge in [-0.3, -0.25) is 4.90 Å². The van der Waals surface area contributed by atoms with Gasteiger partial charge in [0.05, 0.1) is 25.3 Å². The fourth-order valence-corrected chi connectivity index (χ4v) is 4.74. The van der Waals surface area contributed by atoms with Crippen LogP contribution < -0.4 is 0 Å². The van der Waals surface area contributed by atoms with Gasteiger partial charge in [-0.25, -0.2) is 9.97 Å². The Morgan fingerprint density at radius 2 is 1.81 bits per heavy atom. The minimum atomic E-state index is 0.202. The number of morpholine rings is 1. The van der Waals surface area contributed by atoms with Gasteiger partial charge in [-0.1, -0.05) is 59.8 Å². The van der Waals surface area contributed by atoms with Crippen molar-refractivity contribution in [1.82, 2.24) is 14.9 Å². The average Bonchev–Trinajstić information content (AvgIpc) is 2.69. The summed E-state index contributed by atoms with van der Waals surface area (Å²) >= 11 is 8.14. The molecule has 1 fully saturated rings. The molecule has 4 rings (SSSR count). The fourth-order valence-electron chi connectivity index (χ4n) is 3.25. The highest BCUT2D eigenvalue weighted by Crippen LogP contribution is 2.39. The zero-order valence-electron chi connectivity index (χ0n) is 15.3. The largest absolute Gasteiger partial charge is 0.379 e. The van der Waals surface area contributed by atoms with Crippen molar-refractivity contribution in [2.24, 2.45) is 0 Å². The molecule has 1 aliphatic rings. The minimum Gasteiger partial charge on any atom is -0.379 e. The average molecular weight is 400 g/mol. The molecule has 1 aliphatic heterocycles. The molecule has 0 aliphatic carbocycles. The lowest BCUT2D eigenvalue weighted by Gasteiger charge is -2.26. The maximum Gasteiger partial charge on any atom is 0.144 e. The van der Waals surface area contributed by atoms with Crippen molar-refractivity contribution >= 4 is 34.3 Å². The second-order valence-electron chi connectivity index (χ2n) is 6.63. The monoisotopic (exact) mass is 399 g/mol. The number of halogens is 1. The quantitative estimate of drug-likeness (QED) is 0.447. The van der Waals surface area contributed by atoms with E-state index in [2.05, 4.69) is 30.0 Å². The summed E-state index contributed by atoms with van der Waals surface area (Å²) in [6.45, 7) is 6.33. The Labute approximate surface area is 168 Å². The number of benzene rings is 2. The number of hydrogen-bond acceptors (Lipinski definition) is 5. The molecule has 0 unspecified atom stereocenters. The summed E-state index contributed by atoms with van der Waals surface area (Å²) in [5.74, 6) is 0.865. The first-order valence-corrected chi connectivity index (χ1v) is 10.4. The zero-order valence-corrected chi connectivity index (χ0v) is 16.8. The molecule has 1 atom stereocenters. The van der Waals surface area contributed by atoms with Gasteiger partial charge in [-0.15, -0.1) is 0 Å². The van der Waals surface area contributed by atoms with Crippen LogP contribution in [0.2, 0.25) is 5.02 Å². The van der Waals surface area contributed by atoms with Crippen LogP contribution in [-0.2, 0) is 11.3 Å². The summed E-state index contributed by atoms with van der Waals surface area (Å²) < 4.78 is 5.45. The van der Waals surface area contributed by atoms with E-state index >= 15 is 0 Å². The summed E-state index contributed by atoms with van der Waals surface area (Å²) in [6.07, 6.45) is 0. The lowest BCUT2D eigenvalue weighted by atomic mass is 10.2. The topological polar surface area (TPSA) is 38.2 Å². The van der Waals surface area contributed by atoms with Crippen LogP contribution in [0, 0.1) is 0 Å². The summed E-state index contributed by atoms with van der Waals surface area (Å²) in [5.41, 5.74) is 2.12. The van der Waals surface area contributed by atoms with Crippen molar-refractivity contribution in [3.05, 3.63) is 64.9 Å². The van der Waals surface area contributed by atoms with Gasteiger partial charge in [0.2, 0.25) is 0 Å². The maximum atomic E-state index is 6.40. The lowest BCUT2D eigenvalue weighted by Crippen LogP contribution is -2.36. The van der Waals surface area contributed by atoms with Gasteiger partial charge < -0.3 is 4.74 Å². The Kier molecular flexibility index (Phi) is 5.93. The Bertz CT molecular complexity index is 930. The molecule has 1 saturated heterocycles. The normalized spacial score (nSPS) is 16.5. The van der Waals surface area contributed by atoms with E-state index in [1.165, 1.54) is 0 Å². The van der Waals surface area contributed by atoms with E-state index in [9.17, 15) is 0 Å². The molecule has 140 valence electrons. The third kappa shape index (κ3) is 4.43. The van der Waals surface area contributed by atoms with E-state index in [0.29, 0.717) is 0 Å². The number of thioether (sulfide) groups is 1. The van der Waals surface area contributed by atoms with Crippen LogP contribution in [0.1, 0.15) is 23.6 Å². The van der Waals surface area contributed by atoms with E-state index in [-0.39, 0.29) is 5.25 Å². The lowest BCUT2D eigenvalue weighted by molar-refractivity contribution is 0.0330. The van der Waals surface area contributed by atoms with Gasteiger partial charge in [0, 0.05) is 28.7 Å². The van der Waals surface area contributed by atoms with Gasteiger partial charge in [0.15, 0.2) is 0 Å². The van der Waals surface area contributed by atoms with Crippen LogP contribution in [0.4, 0.5) is 0 Å². The van der Waals surface area contributed by atoms with E-state index in [0.717, 1.165) is 65.2 Å². The predicted molar refractivity (Wildman–Crippen MR) is 111 cm³/mol. The summed E-state index contributed by atoms with van der Waals surface area (Å²) in [5, 5.41) is 3.10. The van der Waals surface area contributed by atoms with Gasteiger partial charge in [0.1, 0.15) is 10.9 Å². The zero-order chi connectivity index (χ0) is 18.6. The number of para-hydroxylation sites is 1. The number of nitrogens with zero attached hydrogens (tertiary/aromatic N) is 3. The Balaban J connectivity index is 1.64. The van der Waals surface area contributed by atoms with Crippen molar-refractivity contribution in [3.63, 3.8) is 0 Å². The molecular formula is C21H22ClN3OS. The molecule has 0 bridgehead atoms. The standard InChI is InChI=1S/C21H22ClN3OS/c1-15(16-6-2-4-8-18(16)22)27-21-17-7-3-5-9-19(17)23-20(24-21)14-25-10-12-26-13-11-25/h2-9,15H,10-14H2,1H3/t15-/m0/s1. The van der Waals surface area contributed by atoms with Crippen molar-refractivity contribution in [2.75, 3.05) is 26.3 Å². The number of ether oxygens (including phenoxy) is 1. The second-order valence-corrected chi connectivity index (χ2v) is 8.37. The fraction of sp³-hybridized carbons (Fsp3) is 0.333. The van der Waals surface area contributed by atoms with E-state index in [1.54, 1.807) is 11.8 Å². The third-order valence-corrected chi connectivity index (χ3v) is 6.20. The molecule has 3 aromatic rings. The molecule has 2 aromatic carbocycles. The molecule has 0 amide bonds. The molecule has 0 spiro atoms. The molecule has 27 heavy (non-hydrogen) atoms. The van der Waals surface area contributed by atoms with Gasteiger partial charge in [0.25, 0.3) is 0 Å². The highest BCUT2D eigenvalue weighted by atomic mass is 35.5. The van der Waals surface area contributed by atoms with E-state index in [4.69, 9.17) is 26.3 Å². The smallest absolute Gasteiger partial charge is 0.144 e. The molecule has 6 heteroatoms. The minimum absolute atomic E-state index is 0.202. The Morgan fingerprint density at radius 3 is 2.63 bits per heavy atom. The van der Waals surface area contributed by atoms with Gasteiger partial charge >= 0.3 is 0 Å². The van der Waals surface area contributed by atoms with Crippen molar-refractivity contribution in [1.29, 1.82) is 0 Å². The first kappa shape index (κ1) is 18.7. The second kappa shape index (κ2) is 8.57. The first-order valence-electron chi connectivity index (χ1n) is 9.17. The number of hydrogen-bond donors (Lipinski definition) is 0. The molecule has 0 saturated carbocycles. The maximum absolute atomic E-state index is 6.40. The van der Waals surface area contributed by atoms with Gasteiger partial charge in [-0.2, -0.15) is 0 Å². The Morgan fingerprint density at radius 1 is 1.07 bits per heavy atom. The molecule has 1 aromatic heterocycles. The number of aromatic nitrogens is 2. The van der Waals surface area contributed by atoms with E-state index < -0.39 is 0 Å². The predicted octanol–water partition coefficient (Wildman–Crippen LogP) is 4.97. The van der Waals surface area contributed by atoms with Crippen LogP contribution in [0.5, 0.6) is 0 Å². The third-order valence-electron chi connectivity index (χ3n) is 4.71. The molecule has 0 radical (unpaired) electrons. The van der Waals surface area contributed by atoms with Crippen LogP contribution in [0.3, 0.4) is 0 Å². The van der Waals surface area contributed by atoms with Crippen molar-refractivity contribution in [3.8, 4) is 0 Å². The molecule has 4 nitrogen and oxygen atoms in total. The summed E-state index contributed by atoms with van der Waals surface area (Å²) in [4.78, 5) is 12.1. The van der Waals surface area contributed by atoms with E-state index in [1.807, 2.05) is 30.3 Å². The molecule has 2 heterocycles. The van der Waals surface area contributed by atoms with Gasteiger partial charge in [-0.05, 0) is 24.6 Å². The van der Waals surface area contributed by atoms with Crippen molar-refractivity contribution in [2.45, 2.75) is 23.7 Å². The summed E-state index contributed by atoms with van der Waals surface area (Å²) in [7, 11) is 0. The first-order chi connectivity index (χ1) is 13.2. The molecule has 0 N–H and O–H groups in total. The van der Waals surface area contributed by atoms with Crippen LogP contribution in [0.15, 0.2) is 53.6 Å². The number of rotatable bonds is 5.